The van der Waals surface area contributed by atoms with Crippen molar-refractivity contribution in [3.8, 4) is 0 Å². The van der Waals surface area contributed by atoms with Crippen LogP contribution in [-0.2, 0) is 0 Å². The Balaban J connectivity index is 2.44. The van der Waals surface area contributed by atoms with E-state index < -0.39 is 0 Å². The maximum atomic E-state index is 6.23. The van der Waals surface area contributed by atoms with Crippen molar-refractivity contribution >= 4 is 29.3 Å². The minimum absolute atomic E-state index is 0.0775. The number of aliphatic imine (C=N–C) groups is 1. The van der Waals surface area contributed by atoms with Crippen molar-refractivity contribution in [1.29, 1.82) is 0 Å². The zero-order chi connectivity index (χ0) is 10.1. The minimum Gasteiger partial charge on any atom is -0.353 e. The molecular formula is C10H11ClN2S. The lowest BCUT2D eigenvalue weighted by Crippen LogP contribution is -2.08. The van der Waals surface area contributed by atoms with Crippen LogP contribution >= 0.6 is 22.9 Å². The third kappa shape index (κ3) is 1.57. The SMILES string of the molecule is Cc1sc(C)c([C@H]2C=CNC=N2)c1Cl. The highest BCUT2D eigenvalue weighted by atomic mass is 35.5. The summed E-state index contributed by atoms with van der Waals surface area (Å²) >= 11 is 7.96. The first-order chi connectivity index (χ1) is 6.70. The van der Waals surface area contributed by atoms with Gasteiger partial charge < -0.3 is 5.32 Å². The predicted molar refractivity (Wildman–Crippen MR) is 62.3 cm³/mol. The number of halogens is 1. The second-order valence-corrected chi connectivity index (χ2v) is 5.00. The molecule has 0 saturated carbocycles. The van der Waals surface area contributed by atoms with Crippen molar-refractivity contribution in [2.24, 2.45) is 4.99 Å². The van der Waals surface area contributed by atoms with Gasteiger partial charge in [-0.3, -0.25) is 4.99 Å². The van der Waals surface area contributed by atoms with Gasteiger partial charge in [0.2, 0.25) is 0 Å². The number of aryl methyl sites for hydroxylation is 2. The van der Waals surface area contributed by atoms with Crippen molar-refractivity contribution in [2.75, 3.05) is 0 Å². The molecule has 0 saturated heterocycles. The lowest BCUT2D eigenvalue weighted by atomic mass is 10.1. The molecule has 1 aromatic rings. The highest BCUT2D eigenvalue weighted by molar-refractivity contribution is 7.12. The Hall–Kier alpha value is -0.800. The zero-order valence-corrected chi connectivity index (χ0v) is 9.62. The van der Waals surface area contributed by atoms with Crippen LogP contribution in [0.4, 0.5) is 0 Å². The van der Waals surface area contributed by atoms with Crippen molar-refractivity contribution in [2.45, 2.75) is 19.9 Å². The van der Waals surface area contributed by atoms with Crippen LogP contribution in [-0.4, -0.2) is 6.34 Å². The van der Waals surface area contributed by atoms with Gasteiger partial charge in [-0.2, -0.15) is 0 Å². The van der Waals surface area contributed by atoms with Crippen LogP contribution < -0.4 is 5.32 Å². The van der Waals surface area contributed by atoms with E-state index in [2.05, 4.69) is 17.2 Å². The molecule has 1 N–H and O–H groups in total. The Morgan fingerprint density at radius 2 is 2.21 bits per heavy atom. The molecule has 2 rings (SSSR count). The largest absolute Gasteiger partial charge is 0.353 e. The molecule has 0 spiro atoms. The lowest BCUT2D eigenvalue weighted by Gasteiger charge is -2.11. The minimum atomic E-state index is 0.0775. The number of thiophene rings is 1. The molecule has 2 heterocycles. The van der Waals surface area contributed by atoms with E-state index in [9.17, 15) is 0 Å². The van der Waals surface area contributed by atoms with Crippen LogP contribution in [0, 0.1) is 13.8 Å². The Morgan fingerprint density at radius 1 is 1.43 bits per heavy atom. The predicted octanol–water partition coefficient (Wildman–Crippen LogP) is 3.20. The zero-order valence-electron chi connectivity index (χ0n) is 8.04. The van der Waals surface area contributed by atoms with Gasteiger partial charge in [-0.05, 0) is 19.9 Å². The topological polar surface area (TPSA) is 24.4 Å². The number of hydrogen-bond acceptors (Lipinski definition) is 3. The van der Waals surface area contributed by atoms with E-state index in [0.717, 1.165) is 10.6 Å². The molecule has 0 unspecified atom stereocenters. The molecule has 1 atom stereocenters. The number of nitrogens with zero attached hydrogens (tertiary/aromatic N) is 1. The summed E-state index contributed by atoms with van der Waals surface area (Å²) in [5, 5.41) is 3.78. The highest BCUT2D eigenvalue weighted by Gasteiger charge is 2.18. The number of rotatable bonds is 1. The van der Waals surface area contributed by atoms with Crippen LogP contribution in [0.15, 0.2) is 17.3 Å². The van der Waals surface area contributed by atoms with E-state index in [0.29, 0.717) is 0 Å². The second kappa shape index (κ2) is 3.75. The van der Waals surface area contributed by atoms with Gasteiger partial charge in [0, 0.05) is 21.5 Å². The smallest absolute Gasteiger partial charge is 0.0989 e. The Kier molecular flexibility index (Phi) is 2.61. The Bertz CT molecular complexity index is 394. The average molecular weight is 227 g/mol. The van der Waals surface area contributed by atoms with E-state index in [4.69, 9.17) is 11.6 Å². The standard InChI is InChI=1S/C10H11ClN2S/c1-6-9(10(11)7(2)14-6)8-3-4-12-5-13-8/h3-5,8H,1-2H3,(H,12,13)/t8-/m1/s1. The fourth-order valence-corrected chi connectivity index (χ4v) is 2.96. The summed E-state index contributed by atoms with van der Waals surface area (Å²) in [7, 11) is 0. The fraction of sp³-hybridized carbons (Fsp3) is 0.300. The van der Waals surface area contributed by atoms with E-state index in [1.54, 1.807) is 17.7 Å². The summed E-state index contributed by atoms with van der Waals surface area (Å²) < 4.78 is 0. The molecule has 0 aliphatic carbocycles. The molecule has 14 heavy (non-hydrogen) atoms. The average Bonchev–Trinajstić information content (AvgIpc) is 2.43. The maximum absolute atomic E-state index is 6.23. The van der Waals surface area contributed by atoms with E-state index >= 15 is 0 Å². The summed E-state index contributed by atoms with van der Waals surface area (Å²) in [6.45, 7) is 4.13. The van der Waals surface area contributed by atoms with Crippen LogP contribution in [0.3, 0.4) is 0 Å². The molecule has 0 fully saturated rings. The van der Waals surface area contributed by atoms with Gasteiger partial charge in [-0.25, -0.2) is 0 Å². The van der Waals surface area contributed by atoms with Gasteiger partial charge in [0.05, 0.1) is 17.4 Å². The van der Waals surface area contributed by atoms with E-state index in [-0.39, 0.29) is 6.04 Å². The number of nitrogens with one attached hydrogen (secondary N) is 1. The first-order valence-corrected chi connectivity index (χ1v) is 5.59. The van der Waals surface area contributed by atoms with Crippen molar-refractivity contribution < 1.29 is 0 Å². The molecular weight excluding hydrogens is 216 g/mol. The van der Waals surface area contributed by atoms with E-state index in [1.165, 1.54) is 9.75 Å². The van der Waals surface area contributed by atoms with Crippen molar-refractivity contribution in [3.63, 3.8) is 0 Å². The summed E-state index contributed by atoms with van der Waals surface area (Å²) in [5.41, 5.74) is 1.14. The molecule has 2 nitrogen and oxygen atoms in total. The van der Waals surface area contributed by atoms with Crippen LogP contribution in [0.5, 0.6) is 0 Å². The summed E-state index contributed by atoms with van der Waals surface area (Å²) in [6.07, 6.45) is 5.61. The first-order valence-electron chi connectivity index (χ1n) is 4.40. The van der Waals surface area contributed by atoms with Gasteiger partial charge in [0.15, 0.2) is 0 Å². The lowest BCUT2D eigenvalue weighted by molar-refractivity contribution is 0.881. The van der Waals surface area contributed by atoms with Crippen LogP contribution in [0.2, 0.25) is 5.02 Å². The van der Waals surface area contributed by atoms with Gasteiger partial charge in [0.1, 0.15) is 0 Å². The van der Waals surface area contributed by atoms with Crippen LogP contribution in [0.25, 0.3) is 0 Å². The Labute approximate surface area is 92.3 Å². The van der Waals surface area contributed by atoms with Crippen molar-refractivity contribution in [3.05, 3.63) is 32.6 Å². The third-order valence-corrected chi connectivity index (χ3v) is 3.85. The van der Waals surface area contributed by atoms with Gasteiger partial charge in [-0.1, -0.05) is 11.6 Å². The summed E-state index contributed by atoms with van der Waals surface area (Å²) in [5.74, 6) is 0. The monoisotopic (exact) mass is 226 g/mol. The molecule has 1 aromatic heterocycles. The molecule has 74 valence electrons. The third-order valence-electron chi connectivity index (χ3n) is 2.21. The molecule has 0 amide bonds. The highest BCUT2D eigenvalue weighted by Crippen LogP contribution is 2.38. The fourth-order valence-electron chi connectivity index (χ4n) is 1.55. The van der Waals surface area contributed by atoms with Crippen molar-refractivity contribution in [1.82, 2.24) is 5.32 Å². The number of hydrogen-bond donors (Lipinski definition) is 1. The maximum Gasteiger partial charge on any atom is 0.0989 e. The van der Waals surface area contributed by atoms with Gasteiger partial charge >= 0.3 is 0 Å². The molecule has 0 aromatic carbocycles. The summed E-state index contributed by atoms with van der Waals surface area (Å²) in [4.78, 5) is 6.75. The quantitative estimate of drug-likeness (QED) is 0.782. The Morgan fingerprint density at radius 3 is 2.71 bits per heavy atom. The molecule has 4 heteroatoms. The van der Waals surface area contributed by atoms with Crippen LogP contribution in [0.1, 0.15) is 21.4 Å². The molecule has 1 aliphatic heterocycles. The van der Waals surface area contributed by atoms with Gasteiger partial charge in [0.25, 0.3) is 0 Å². The second-order valence-electron chi connectivity index (χ2n) is 3.19. The van der Waals surface area contributed by atoms with E-state index in [1.807, 2.05) is 19.2 Å². The molecule has 0 radical (unpaired) electrons. The molecule has 1 aliphatic rings. The van der Waals surface area contributed by atoms with Gasteiger partial charge in [-0.15, -0.1) is 11.3 Å². The normalized spacial score (nSPS) is 19.8. The summed E-state index contributed by atoms with van der Waals surface area (Å²) in [6, 6.07) is 0.0775. The first kappa shape index (κ1) is 9.74. The molecule has 0 bridgehead atoms.